The molecular weight excluding hydrogens is 384 g/mol. The average molecular weight is 408 g/mol. The van der Waals surface area contributed by atoms with Gasteiger partial charge in [0, 0.05) is 32.4 Å². The minimum atomic E-state index is -1.04. The van der Waals surface area contributed by atoms with Crippen LogP contribution >= 0.6 is 0 Å². The van der Waals surface area contributed by atoms with Gasteiger partial charge in [0.15, 0.2) is 11.4 Å². The van der Waals surface area contributed by atoms with Gasteiger partial charge in [-0.1, -0.05) is 18.2 Å². The molecule has 1 N–H and O–H groups in total. The van der Waals surface area contributed by atoms with E-state index in [1.165, 1.54) is 0 Å². The molecule has 1 saturated heterocycles. The predicted molar refractivity (Wildman–Crippen MR) is 111 cm³/mol. The van der Waals surface area contributed by atoms with Crippen LogP contribution in [0.25, 0.3) is 0 Å². The summed E-state index contributed by atoms with van der Waals surface area (Å²) < 4.78 is 5.32. The highest BCUT2D eigenvalue weighted by atomic mass is 16.5. The fraction of sp³-hybridized carbons (Fsp3) is 0.364. The van der Waals surface area contributed by atoms with Crippen molar-refractivity contribution in [2.45, 2.75) is 18.4 Å². The van der Waals surface area contributed by atoms with E-state index in [9.17, 15) is 14.7 Å². The van der Waals surface area contributed by atoms with E-state index in [-0.39, 0.29) is 5.91 Å². The number of carbonyl (C=O) groups excluding carboxylic acids is 1. The van der Waals surface area contributed by atoms with E-state index in [1.807, 2.05) is 35.2 Å². The van der Waals surface area contributed by atoms with E-state index >= 15 is 0 Å². The van der Waals surface area contributed by atoms with Gasteiger partial charge < -0.3 is 19.6 Å². The summed E-state index contributed by atoms with van der Waals surface area (Å²) in [6, 6.07) is 12.7. The first-order valence-electron chi connectivity index (χ1n) is 9.96. The van der Waals surface area contributed by atoms with Gasteiger partial charge in [0.05, 0.1) is 12.7 Å². The van der Waals surface area contributed by atoms with Crippen LogP contribution in [0.15, 0.2) is 53.7 Å². The summed E-state index contributed by atoms with van der Waals surface area (Å²) in [6.07, 6.45) is 2.74. The van der Waals surface area contributed by atoms with Gasteiger partial charge in [0.2, 0.25) is 0 Å². The van der Waals surface area contributed by atoms with Gasteiger partial charge in [-0.15, -0.1) is 0 Å². The van der Waals surface area contributed by atoms with Crippen molar-refractivity contribution >= 4 is 17.7 Å². The fourth-order valence-electron chi connectivity index (χ4n) is 3.59. The Hall–Kier alpha value is -3.42. The second-order valence-corrected chi connectivity index (χ2v) is 7.47. The molecule has 1 saturated carbocycles. The summed E-state index contributed by atoms with van der Waals surface area (Å²) >= 11 is 0. The van der Waals surface area contributed by atoms with Gasteiger partial charge in [-0.2, -0.15) is 0 Å². The monoisotopic (exact) mass is 408 g/mol. The number of amides is 1. The van der Waals surface area contributed by atoms with Crippen molar-refractivity contribution in [2.75, 3.05) is 33.3 Å². The number of carbonyl (C=O) groups is 2. The number of carboxylic acid groups (broad SMARTS) is 1. The first-order valence-corrected chi connectivity index (χ1v) is 9.96. The molecule has 8 heteroatoms. The second-order valence-electron chi connectivity index (χ2n) is 7.47. The van der Waals surface area contributed by atoms with Crippen LogP contribution in [0.4, 0.5) is 0 Å². The largest absolute Gasteiger partial charge is 0.496 e. The number of piperazine rings is 1. The lowest BCUT2D eigenvalue weighted by atomic mass is 10.1. The van der Waals surface area contributed by atoms with Crippen LogP contribution in [-0.4, -0.2) is 76.4 Å². The molecule has 2 fully saturated rings. The van der Waals surface area contributed by atoms with E-state index in [2.05, 4.69) is 9.98 Å². The number of carboxylic acids is 1. The predicted octanol–water partition coefficient (Wildman–Crippen LogP) is 1.91. The second kappa shape index (κ2) is 8.14. The van der Waals surface area contributed by atoms with Crippen molar-refractivity contribution in [3.63, 3.8) is 0 Å². The molecule has 0 atom stereocenters. The average Bonchev–Trinajstić information content (AvgIpc) is 3.59. The maximum absolute atomic E-state index is 13.0. The topological polar surface area (TPSA) is 95.3 Å². The lowest BCUT2D eigenvalue weighted by Gasteiger charge is -2.36. The number of methoxy groups -OCH3 is 1. The van der Waals surface area contributed by atoms with E-state index in [1.54, 1.807) is 30.3 Å². The summed E-state index contributed by atoms with van der Waals surface area (Å²) in [4.78, 5) is 37.5. The Labute approximate surface area is 174 Å². The third-order valence-electron chi connectivity index (χ3n) is 5.54. The molecule has 0 unspecified atom stereocenters. The number of hydrogen-bond donors (Lipinski definition) is 1. The molecule has 1 aliphatic heterocycles. The Morgan fingerprint density at radius 2 is 1.70 bits per heavy atom. The SMILES string of the molecule is COc1ccccc1C(=O)N1CCN(C(=NC2(C(=O)O)CC2)c2ccccn2)CC1. The van der Waals surface area contributed by atoms with Crippen molar-refractivity contribution in [3.05, 3.63) is 59.9 Å². The number of rotatable bonds is 5. The molecular formula is C22H24N4O4. The molecule has 0 bridgehead atoms. The molecule has 156 valence electrons. The van der Waals surface area contributed by atoms with Crippen LogP contribution in [0.1, 0.15) is 28.9 Å². The Balaban J connectivity index is 1.53. The summed E-state index contributed by atoms with van der Waals surface area (Å²) in [7, 11) is 1.55. The number of aliphatic imine (C=N–C) groups is 1. The molecule has 30 heavy (non-hydrogen) atoms. The Morgan fingerprint density at radius 3 is 2.30 bits per heavy atom. The molecule has 1 amide bonds. The normalized spacial score (nSPS) is 18.1. The number of ether oxygens (including phenoxy) is 1. The van der Waals surface area contributed by atoms with Gasteiger partial charge in [-0.25, -0.2) is 9.79 Å². The van der Waals surface area contributed by atoms with E-state index in [0.29, 0.717) is 61.9 Å². The molecule has 2 aromatic rings. The maximum atomic E-state index is 13.0. The smallest absolute Gasteiger partial charge is 0.331 e. The van der Waals surface area contributed by atoms with Crippen molar-refractivity contribution in [1.82, 2.24) is 14.8 Å². The van der Waals surface area contributed by atoms with Gasteiger partial charge in [0.25, 0.3) is 5.91 Å². The van der Waals surface area contributed by atoms with Gasteiger partial charge in [-0.05, 0) is 37.1 Å². The Bertz CT molecular complexity index is 964. The third kappa shape index (κ3) is 3.85. The standard InChI is InChI=1S/C22H24N4O4/c1-30-18-8-3-2-6-16(18)20(27)26-14-12-25(13-15-26)19(17-7-4-5-11-23-17)24-22(9-10-22)21(28)29/h2-8,11H,9-10,12-15H2,1H3,(H,28,29). The van der Waals surface area contributed by atoms with Crippen LogP contribution in [0.2, 0.25) is 0 Å². The van der Waals surface area contributed by atoms with Crippen LogP contribution in [0.5, 0.6) is 5.75 Å². The molecule has 2 heterocycles. The quantitative estimate of drug-likeness (QED) is 0.600. The minimum absolute atomic E-state index is 0.0763. The van der Waals surface area contributed by atoms with E-state index < -0.39 is 11.5 Å². The molecule has 2 aliphatic rings. The molecule has 1 aromatic heterocycles. The maximum Gasteiger partial charge on any atom is 0.331 e. The van der Waals surface area contributed by atoms with Crippen molar-refractivity contribution in [3.8, 4) is 5.75 Å². The van der Waals surface area contributed by atoms with Gasteiger partial charge >= 0.3 is 5.97 Å². The Morgan fingerprint density at radius 1 is 1.03 bits per heavy atom. The lowest BCUT2D eigenvalue weighted by Crippen LogP contribution is -2.51. The van der Waals surface area contributed by atoms with Crippen molar-refractivity contribution in [2.24, 2.45) is 4.99 Å². The summed E-state index contributed by atoms with van der Waals surface area (Å²) in [6.45, 7) is 2.10. The molecule has 0 radical (unpaired) electrons. The van der Waals surface area contributed by atoms with Gasteiger partial charge in [0.1, 0.15) is 11.4 Å². The number of aromatic nitrogens is 1. The highest BCUT2D eigenvalue weighted by Crippen LogP contribution is 2.40. The van der Waals surface area contributed by atoms with Crippen LogP contribution in [-0.2, 0) is 4.79 Å². The van der Waals surface area contributed by atoms with Crippen molar-refractivity contribution in [1.29, 1.82) is 0 Å². The minimum Gasteiger partial charge on any atom is -0.496 e. The molecule has 1 aromatic carbocycles. The van der Waals surface area contributed by atoms with Crippen LogP contribution < -0.4 is 4.74 Å². The highest BCUT2D eigenvalue weighted by molar-refractivity contribution is 6.00. The van der Waals surface area contributed by atoms with Crippen LogP contribution in [0.3, 0.4) is 0 Å². The summed E-state index contributed by atoms with van der Waals surface area (Å²) in [5.74, 6) is 0.159. The molecule has 1 aliphatic carbocycles. The molecule has 0 spiro atoms. The number of pyridine rings is 1. The molecule has 4 rings (SSSR count). The number of para-hydroxylation sites is 1. The number of nitrogens with zero attached hydrogens (tertiary/aromatic N) is 4. The third-order valence-corrected chi connectivity index (χ3v) is 5.54. The first kappa shape index (κ1) is 19.9. The van der Waals surface area contributed by atoms with Gasteiger partial charge in [-0.3, -0.25) is 9.78 Å². The number of benzene rings is 1. The van der Waals surface area contributed by atoms with E-state index in [0.717, 1.165) is 0 Å². The fourth-order valence-corrected chi connectivity index (χ4v) is 3.59. The zero-order chi connectivity index (χ0) is 21.1. The summed E-state index contributed by atoms with van der Waals surface area (Å²) in [5.41, 5.74) is 0.140. The lowest BCUT2D eigenvalue weighted by molar-refractivity contribution is -0.139. The number of hydrogen-bond acceptors (Lipinski definition) is 5. The van der Waals surface area contributed by atoms with Crippen LogP contribution in [0, 0.1) is 0 Å². The zero-order valence-corrected chi connectivity index (χ0v) is 16.8. The van der Waals surface area contributed by atoms with Crippen molar-refractivity contribution < 1.29 is 19.4 Å². The zero-order valence-electron chi connectivity index (χ0n) is 16.8. The van der Waals surface area contributed by atoms with E-state index in [4.69, 9.17) is 4.74 Å². The summed E-state index contributed by atoms with van der Waals surface area (Å²) in [5, 5.41) is 9.58. The Kier molecular flexibility index (Phi) is 5.39. The number of amidine groups is 1. The molecule has 8 nitrogen and oxygen atoms in total. The first-order chi connectivity index (χ1) is 14.5. The number of aliphatic carboxylic acids is 1. The highest BCUT2D eigenvalue weighted by Gasteiger charge is 2.51.